The van der Waals surface area contributed by atoms with Crippen LogP contribution in [0.1, 0.15) is 10.4 Å². The van der Waals surface area contributed by atoms with Gasteiger partial charge in [-0.1, -0.05) is 17.4 Å². The predicted molar refractivity (Wildman–Crippen MR) is 83.8 cm³/mol. The van der Waals surface area contributed by atoms with Crippen LogP contribution in [0.15, 0.2) is 30.3 Å². The molecule has 0 aliphatic carbocycles. The maximum absolute atomic E-state index is 10.6. The van der Waals surface area contributed by atoms with E-state index < -0.39 is 0 Å². The lowest BCUT2D eigenvalue weighted by molar-refractivity contribution is -0.380. The minimum Gasteiger partial charge on any atom is -0.380 e. The molecule has 0 unspecified atom stereocenters. The van der Waals surface area contributed by atoms with Gasteiger partial charge in [-0.05, 0) is 30.7 Å². The Morgan fingerprint density at radius 1 is 1.30 bits per heavy atom. The molecule has 0 bridgehead atoms. The molecule has 0 aliphatic rings. The maximum Gasteiger partial charge on any atom is 0.324 e. The van der Waals surface area contributed by atoms with Crippen molar-refractivity contribution in [1.82, 2.24) is 0 Å². The van der Waals surface area contributed by atoms with Crippen molar-refractivity contribution >= 4 is 27.7 Å². The molecule has 0 saturated heterocycles. The van der Waals surface area contributed by atoms with Gasteiger partial charge in [-0.2, -0.15) is 0 Å². The highest BCUT2D eigenvalue weighted by atomic mass is 32.1. The first-order valence-corrected chi connectivity index (χ1v) is 7.04. The topological polar surface area (TPSA) is 58.4 Å². The highest BCUT2D eigenvalue weighted by molar-refractivity contribution is 7.15. The van der Waals surface area contributed by atoms with Crippen molar-refractivity contribution in [3.63, 3.8) is 0 Å². The second-order valence-corrected chi connectivity index (χ2v) is 5.89. The van der Waals surface area contributed by atoms with Gasteiger partial charge in [0.15, 0.2) is 0 Å². The average Bonchev–Trinajstić information content (AvgIpc) is 2.86. The smallest absolute Gasteiger partial charge is 0.324 e. The summed E-state index contributed by atoms with van der Waals surface area (Å²) in [5.41, 5.74) is 3.38. The van der Waals surface area contributed by atoms with Gasteiger partial charge < -0.3 is 10.2 Å². The summed E-state index contributed by atoms with van der Waals surface area (Å²) < 4.78 is 0. The van der Waals surface area contributed by atoms with Crippen LogP contribution >= 0.6 is 11.3 Å². The molecule has 20 heavy (non-hydrogen) atoms. The average molecular weight is 291 g/mol. The van der Waals surface area contributed by atoms with Gasteiger partial charge in [0.2, 0.25) is 0 Å². The Bertz CT molecular complexity index is 623. The molecule has 1 aromatic heterocycles. The summed E-state index contributed by atoms with van der Waals surface area (Å²) >= 11 is 1.20. The lowest BCUT2D eigenvalue weighted by Gasteiger charge is -2.17. The van der Waals surface area contributed by atoms with Crippen molar-refractivity contribution < 1.29 is 4.92 Å². The summed E-state index contributed by atoms with van der Waals surface area (Å²) in [5.74, 6) is 0. The van der Waals surface area contributed by atoms with Gasteiger partial charge in [-0.15, -0.1) is 0 Å². The van der Waals surface area contributed by atoms with Gasteiger partial charge in [0.1, 0.15) is 0 Å². The molecule has 1 aromatic carbocycles. The minimum atomic E-state index is -0.357. The molecule has 5 nitrogen and oxygen atoms in total. The second kappa shape index (κ2) is 5.92. The molecule has 0 radical (unpaired) electrons. The summed E-state index contributed by atoms with van der Waals surface area (Å²) in [5, 5.41) is 14.1. The van der Waals surface area contributed by atoms with Crippen LogP contribution in [0.3, 0.4) is 0 Å². The summed E-state index contributed by atoms with van der Waals surface area (Å²) in [6.07, 6.45) is 0. The molecular formula is C14H17N3O2S. The number of thiophene rings is 1. The Hall–Kier alpha value is -2.08. The fourth-order valence-corrected chi connectivity index (χ4v) is 2.71. The molecule has 0 aliphatic heterocycles. The maximum atomic E-state index is 10.6. The van der Waals surface area contributed by atoms with E-state index >= 15 is 0 Å². The van der Waals surface area contributed by atoms with E-state index in [1.165, 1.54) is 16.9 Å². The molecule has 1 heterocycles. The first-order valence-electron chi connectivity index (χ1n) is 6.22. The fourth-order valence-electron chi connectivity index (χ4n) is 1.95. The minimum absolute atomic E-state index is 0.180. The van der Waals surface area contributed by atoms with Crippen molar-refractivity contribution in [1.29, 1.82) is 0 Å². The molecule has 2 rings (SSSR count). The van der Waals surface area contributed by atoms with E-state index in [2.05, 4.69) is 29.3 Å². The van der Waals surface area contributed by atoms with Gasteiger partial charge in [0, 0.05) is 43.0 Å². The molecule has 6 heteroatoms. The number of benzene rings is 1. The van der Waals surface area contributed by atoms with Crippen LogP contribution in [0.4, 0.5) is 16.4 Å². The van der Waals surface area contributed by atoms with Crippen molar-refractivity contribution in [2.24, 2.45) is 0 Å². The Morgan fingerprint density at radius 2 is 2.05 bits per heavy atom. The molecule has 2 aromatic rings. The zero-order valence-corrected chi connectivity index (χ0v) is 12.5. The number of aryl methyl sites for hydroxylation is 1. The molecular weight excluding hydrogens is 274 g/mol. The van der Waals surface area contributed by atoms with Crippen LogP contribution < -0.4 is 10.2 Å². The van der Waals surface area contributed by atoms with E-state index in [-0.39, 0.29) is 9.92 Å². The molecule has 0 fully saturated rings. The molecule has 0 amide bonds. The van der Waals surface area contributed by atoms with Crippen LogP contribution in [0.5, 0.6) is 0 Å². The quantitative estimate of drug-likeness (QED) is 0.675. The van der Waals surface area contributed by atoms with E-state index in [1.807, 2.05) is 20.2 Å². The van der Waals surface area contributed by atoms with Gasteiger partial charge in [-0.25, -0.2) is 0 Å². The zero-order valence-electron chi connectivity index (χ0n) is 11.7. The SMILES string of the molecule is Cc1ccc(NCc2ccc([N+](=O)[O-])s2)cc1N(C)C. The van der Waals surface area contributed by atoms with E-state index in [9.17, 15) is 10.1 Å². The summed E-state index contributed by atoms with van der Waals surface area (Å²) in [4.78, 5) is 13.3. The number of hydrogen-bond donors (Lipinski definition) is 1. The van der Waals surface area contributed by atoms with E-state index in [0.717, 1.165) is 16.3 Å². The second-order valence-electron chi connectivity index (χ2n) is 4.75. The standard InChI is InChI=1S/C14H17N3O2S/c1-10-4-5-11(8-13(10)16(2)3)15-9-12-6-7-14(20-12)17(18)19/h4-8,15H,9H2,1-3H3. The fraction of sp³-hybridized carbons (Fsp3) is 0.286. The van der Waals surface area contributed by atoms with E-state index in [1.54, 1.807) is 12.1 Å². The van der Waals surface area contributed by atoms with Gasteiger partial charge in [0.25, 0.3) is 0 Å². The monoisotopic (exact) mass is 291 g/mol. The van der Waals surface area contributed by atoms with Crippen LogP contribution in [0.25, 0.3) is 0 Å². The lowest BCUT2D eigenvalue weighted by Crippen LogP contribution is -2.10. The molecule has 0 atom stereocenters. The molecule has 0 spiro atoms. The van der Waals surface area contributed by atoms with Crippen molar-refractivity contribution in [2.45, 2.75) is 13.5 Å². The predicted octanol–water partition coefficient (Wildman–Crippen LogP) is 3.64. The first kappa shape index (κ1) is 14.3. The number of nitrogens with one attached hydrogen (secondary N) is 1. The number of nitrogens with zero attached hydrogens (tertiary/aromatic N) is 2. The Balaban J connectivity index is 2.06. The molecule has 0 saturated carbocycles. The number of hydrogen-bond acceptors (Lipinski definition) is 5. The normalized spacial score (nSPS) is 10.3. The van der Waals surface area contributed by atoms with Gasteiger partial charge in [0.05, 0.1) is 4.92 Å². The Kier molecular flexibility index (Phi) is 4.24. The zero-order chi connectivity index (χ0) is 14.7. The van der Waals surface area contributed by atoms with Crippen molar-refractivity contribution in [2.75, 3.05) is 24.3 Å². The Morgan fingerprint density at radius 3 is 2.65 bits per heavy atom. The summed E-state index contributed by atoms with van der Waals surface area (Å²) in [6, 6.07) is 9.50. The summed E-state index contributed by atoms with van der Waals surface area (Å²) in [7, 11) is 4.02. The number of anilines is 2. The van der Waals surface area contributed by atoms with Crippen LogP contribution in [0, 0.1) is 17.0 Å². The van der Waals surface area contributed by atoms with Crippen LogP contribution in [-0.2, 0) is 6.54 Å². The lowest BCUT2D eigenvalue weighted by atomic mass is 10.1. The first-order chi connectivity index (χ1) is 9.47. The summed E-state index contributed by atoms with van der Waals surface area (Å²) in [6.45, 7) is 2.66. The van der Waals surface area contributed by atoms with Gasteiger partial charge in [-0.3, -0.25) is 10.1 Å². The Labute approximate surface area is 122 Å². The third-order valence-corrected chi connectivity index (χ3v) is 4.02. The van der Waals surface area contributed by atoms with Gasteiger partial charge >= 0.3 is 5.00 Å². The third-order valence-electron chi connectivity index (χ3n) is 2.99. The number of nitro groups is 1. The van der Waals surface area contributed by atoms with Crippen LogP contribution in [0.2, 0.25) is 0 Å². The van der Waals surface area contributed by atoms with Crippen molar-refractivity contribution in [3.05, 3.63) is 50.9 Å². The molecule has 106 valence electrons. The van der Waals surface area contributed by atoms with E-state index in [4.69, 9.17) is 0 Å². The molecule has 1 N–H and O–H groups in total. The van der Waals surface area contributed by atoms with Crippen LogP contribution in [-0.4, -0.2) is 19.0 Å². The highest BCUT2D eigenvalue weighted by Gasteiger charge is 2.09. The van der Waals surface area contributed by atoms with E-state index in [0.29, 0.717) is 6.54 Å². The van der Waals surface area contributed by atoms with Crippen molar-refractivity contribution in [3.8, 4) is 0 Å². The number of rotatable bonds is 5. The highest BCUT2D eigenvalue weighted by Crippen LogP contribution is 2.26. The largest absolute Gasteiger partial charge is 0.380 e. The third kappa shape index (κ3) is 3.27.